The average Bonchev–Trinajstić information content (AvgIpc) is 2.98. The molecule has 6 heteroatoms. The molecule has 0 aliphatic rings. The number of hydrogen-bond donors (Lipinski definition) is 1. The quantitative estimate of drug-likeness (QED) is 0.348. The summed E-state index contributed by atoms with van der Waals surface area (Å²) in [6.45, 7) is 1.46. The Balaban J connectivity index is 2.02. The van der Waals surface area contributed by atoms with Crippen LogP contribution in [0.25, 0.3) is 16.7 Å². The van der Waals surface area contributed by atoms with Gasteiger partial charge in [0.15, 0.2) is 5.75 Å². The first-order valence-corrected chi connectivity index (χ1v) is 6.63. The smallest absolute Gasteiger partial charge is 0.342 e. The summed E-state index contributed by atoms with van der Waals surface area (Å²) in [4.78, 5) is 13.2. The summed E-state index contributed by atoms with van der Waals surface area (Å²) in [5, 5.41) is 17.6. The molecule has 1 aromatic heterocycles. The van der Waals surface area contributed by atoms with E-state index in [2.05, 4.69) is 10.2 Å². The Labute approximate surface area is 126 Å². The van der Waals surface area contributed by atoms with Crippen molar-refractivity contribution in [2.45, 2.75) is 6.92 Å². The number of esters is 1. The summed E-state index contributed by atoms with van der Waals surface area (Å²) >= 11 is 0. The zero-order valence-electron chi connectivity index (χ0n) is 11.8. The predicted octanol–water partition coefficient (Wildman–Crippen LogP) is 2.79. The van der Waals surface area contributed by atoms with Gasteiger partial charge in [-0.3, -0.25) is 0 Å². The molecule has 3 rings (SSSR count). The van der Waals surface area contributed by atoms with E-state index in [0.29, 0.717) is 17.7 Å². The monoisotopic (exact) mass is 295 g/mol. The molecule has 1 N–H and O–H groups in total. The third kappa shape index (κ3) is 2.54. The minimum atomic E-state index is -0.633. The van der Waals surface area contributed by atoms with Gasteiger partial charge in [0.05, 0.1) is 11.8 Å². The van der Waals surface area contributed by atoms with Crippen LogP contribution in [-0.2, 0) is 4.79 Å². The lowest BCUT2D eigenvalue weighted by atomic mass is 10.3. The number of nitrogens with zero attached hydrogens (tertiary/aromatic N) is 3. The topological polar surface area (TPSA) is 77.2 Å². The van der Waals surface area contributed by atoms with Crippen LogP contribution in [0.4, 0.5) is 0 Å². The first kappa shape index (κ1) is 13.8. The molecular weight excluding hydrogens is 282 g/mol. The number of hydrogen-bond acceptors (Lipinski definition) is 5. The highest BCUT2D eigenvalue weighted by Crippen LogP contribution is 2.23. The van der Waals surface area contributed by atoms with Gasteiger partial charge in [0.1, 0.15) is 16.7 Å². The molecule has 0 amide bonds. The largest absolute Gasteiger partial charge is 0.515 e. The zero-order chi connectivity index (χ0) is 15.5. The SMILES string of the molecule is C/C(=C\O)C(=O)Oc1ccccc1-n1nc2ccccc2n1. The van der Waals surface area contributed by atoms with Gasteiger partial charge in [-0.2, -0.15) is 0 Å². The van der Waals surface area contributed by atoms with Crippen LogP contribution in [0.3, 0.4) is 0 Å². The van der Waals surface area contributed by atoms with E-state index in [4.69, 9.17) is 9.84 Å². The summed E-state index contributed by atoms with van der Waals surface area (Å²) in [6, 6.07) is 14.4. The molecule has 0 saturated carbocycles. The summed E-state index contributed by atoms with van der Waals surface area (Å²) < 4.78 is 5.28. The number of rotatable bonds is 3. The Morgan fingerprint density at radius 1 is 1.09 bits per heavy atom. The molecule has 0 fully saturated rings. The van der Waals surface area contributed by atoms with E-state index < -0.39 is 5.97 Å². The van der Waals surface area contributed by atoms with Crippen LogP contribution < -0.4 is 4.74 Å². The third-order valence-electron chi connectivity index (χ3n) is 3.09. The van der Waals surface area contributed by atoms with E-state index in [1.165, 1.54) is 11.7 Å². The molecule has 0 aliphatic heterocycles. The molecule has 22 heavy (non-hydrogen) atoms. The molecule has 0 unspecified atom stereocenters. The fourth-order valence-electron chi connectivity index (χ4n) is 1.91. The number of carbonyl (C=O) groups excluding carboxylic acids is 1. The van der Waals surface area contributed by atoms with Gasteiger partial charge in [-0.1, -0.05) is 24.3 Å². The zero-order valence-corrected chi connectivity index (χ0v) is 11.8. The maximum atomic E-state index is 11.8. The van der Waals surface area contributed by atoms with E-state index in [1.807, 2.05) is 24.3 Å². The lowest BCUT2D eigenvalue weighted by molar-refractivity contribution is -0.130. The molecule has 0 spiro atoms. The first-order valence-electron chi connectivity index (χ1n) is 6.63. The van der Waals surface area contributed by atoms with Gasteiger partial charge in [-0.05, 0) is 31.2 Å². The van der Waals surface area contributed by atoms with Crippen LogP contribution in [0.1, 0.15) is 6.92 Å². The Morgan fingerprint density at radius 3 is 2.32 bits per heavy atom. The van der Waals surface area contributed by atoms with Gasteiger partial charge in [-0.25, -0.2) is 4.79 Å². The molecule has 0 aliphatic carbocycles. The van der Waals surface area contributed by atoms with Crippen molar-refractivity contribution in [3.63, 3.8) is 0 Å². The van der Waals surface area contributed by atoms with Gasteiger partial charge in [0, 0.05) is 0 Å². The second kappa shape index (κ2) is 5.69. The molecule has 0 atom stereocenters. The van der Waals surface area contributed by atoms with Crippen molar-refractivity contribution in [1.29, 1.82) is 0 Å². The number of aliphatic hydroxyl groups excluding tert-OH is 1. The summed E-state index contributed by atoms with van der Waals surface area (Å²) in [5.41, 5.74) is 2.14. The van der Waals surface area contributed by atoms with Gasteiger partial charge < -0.3 is 9.84 Å². The van der Waals surface area contributed by atoms with Gasteiger partial charge in [0.25, 0.3) is 0 Å². The van der Waals surface area contributed by atoms with Crippen molar-refractivity contribution >= 4 is 17.0 Å². The van der Waals surface area contributed by atoms with Crippen LogP contribution in [0.2, 0.25) is 0 Å². The van der Waals surface area contributed by atoms with Crippen molar-refractivity contribution in [3.05, 3.63) is 60.4 Å². The number of aromatic nitrogens is 3. The lowest BCUT2D eigenvalue weighted by Gasteiger charge is -2.08. The molecule has 6 nitrogen and oxygen atoms in total. The normalized spacial score (nSPS) is 11.6. The molecule has 0 bridgehead atoms. The average molecular weight is 295 g/mol. The third-order valence-corrected chi connectivity index (χ3v) is 3.09. The Bertz CT molecular complexity index is 835. The highest BCUT2D eigenvalue weighted by molar-refractivity contribution is 5.89. The minimum absolute atomic E-state index is 0.105. The van der Waals surface area contributed by atoms with E-state index in [9.17, 15) is 4.79 Å². The molecule has 2 aromatic carbocycles. The number of carbonyl (C=O) groups is 1. The first-order chi connectivity index (χ1) is 10.7. The van der Waals surface area contributed by atoms with Crippen LogP contribution in [-0.4, -0.2) is 26.1 Å². The van der Waals surface area contributed by atoms with E-state index in [1.54, 1.807) is 24.3 Å². The van der Waals surface area contributed by atoms with Crippen molar-refractivity contribution in [2.75, 3.05) is 0 Å². The highest BCUT2D eigenvalue weighted by Gasteiger charge is 2.14. The molecule has 110 valence electrons. The number of fused-ring (bicyclic) bond motifs is 1. The molecule has 0 radical (unpaired) electrons. The maximum absolute atomic E-state index is 11.8. The minimum Gasteiger partial charge on any atom is -0.515 e. The number of ether oxygens (including phenoxy) is 1. The van der Waals surface area contributed by atoms with E-state index in [0.717, 1.165) is 11.0 Å². The number of aliphatic hydroxyl groups is 1. The number of benzene rings is 2. The Kier molecular flexibility index (Phi) is 3.57. The summed E-state index contributed by atoms with van der Waals surface area (Å²) in [7, 11) is 0. The second-order valence-corrected chi connectivity index (χ2v) is 4.65. The Morgan fingerprint density at radius 2 is 1.68 bits per heavy atom. The highest BCUT2D eigenvalue weighted by atomic mass is 16.5. The number of para-hydroxylation sites is 2. The molecular formula is C16H13N3O3. The van der Waals surface area contributed by atoms with Gasteiger partial charge in [-0.15, -0.1) is 15.0 Å². The fourth-order valence-corrected chi connectivity index (χ4v) is 1.91. The van der Waals surface area contributed by atoms with Crippen molar-refractivity contribution in [2.24, 2.45) is 0 Å². The predicted molar refractivity (Wildman–Crippen MR) is 80.9 cm³/mol. The van der Waals surface area contributed by atoms with Crippen LogP contribution in [0.15, 0.2) is 60.4 Å². The van der Waals surface area contributed by atoms with Crippen LogP contribution in [0, 0.1) is 0 Å². The summed E-state index contributed by atoms with van der Waals surface area (Å²) in [6.07, 6.45) is 0.714. The van der Waals surface area contributed by atoms with Gasteiger partial charge in [0.2, 0.25) is 0 Å². The van der Waals surface area contributed by atoms with Crippen LogP contribution in [0.5, 0.6) is 5.75 Å². The molecule has 0 saturated heterocycles. The van der Waals surface area contributed by atoms with Crippen LogP contribution >= 0.6 is 0 Å². The Hall–Kier alpha value is -3.15. The lowest BCUT2D eigenvalue weighted by Crippen LogP contribution is -2.12. The van der Waals surface area contributed by atoms with E-state index >= 15 is 0 Å². The fraction of sp³-hybridized carbons (Fsp3) is 0.0625. The second-order valence-electron chi connectivity index (χ2n) is 4.65. The van der Waals surface area contributed by atoms with Gasteiger partial charge >= 0.3 is 5.97 Å². The van der Waals surface area contributed by atoms with Crippen molar-refractivity contribution in [3.8, 4) is 11.4 Å². The molecule has 3 aromatic rings. The van der Waals surface area contributed by atoms with Crippen molar-refractivity contribution in [1.82, 2.24) is 15.0 Å². The standard InChI is InChI=1S/C16H13N3O3/c1-11(10-20)16(21)22-15-9-5-4-8-14(15)19-17-12-6-2-3-7-13(12)18-19/h2-10,20H,1H3/b11-10+. The van der Waals surface area contributed by atoms with Crippen molar-refractivity contribution < 1.29 is 14.6 Å². The maximum Gasteiger partial charge on any atom is 0.342 e. The molecule has 1 heterocycles. The summed E-state index contributed by atoms with van der Waals surface area (Å²) in [5.74, 6) is -0.319. The van der Waals surface area contributed by atoms with E-state index in [-0.39, 0.29) is 5.57 Å².